The highest BCUT2D eigenvalue weighted by Gasteiger charge is 2.10. The minimum absolute atomic E-state index is 0.0324. The Kier molecular flexibility index (Phi) is 3.55. The van der Waals surface area contributed by atoms with Gasteiger partial charge >= 0.3 is 6.01 Å². The summed E-state index contributed by atoms with van der Waals surface area (Å²) in [5.74, 6) is -0.139. The first-order valence-electron chi connectivity index (χ1n) is 4.88. The molecule has 5 nitrogen and oxygen atoms in total. The fraction of sp³-hybridized carbons (Fsp3) is 0.200. The average Bonchev–Trinajstić information content (AvgIpc) is 2.73. The van der Waals surface area contributed by atoms with Gasteiger partial charge in [-0.05, 0) is 19.2 Å². The molecule has 2 aromatic rings. The van der Waals surface area contributed by atoms with Gasteiger partial charge in [-0.2, -0.15) is 0 Å². The van der Waals surface area contributed by atoms with Crippen LogP contribution in [-0.4, -0.2) is 17.2 Å². The van der Waals surface area contributed by atoms with Gasteiger partial charge in [0.25, 0.3) is 0 Å². The van der Waals surface area contributed by atoms with Gasteiger partial charge in [-0.3, -0.25) is 0 Å². The third-order valence-corrected chi connectivity index (χ3v) is 2.28. The monoisotopic (exact) mass is 256 g/mol. The SMILES string of the molecule is CNCc1nnc(Nc2cccc(Cl)c2F)o1. The van der Waals surface area contributed by atoms with E-state index in [4.69, 9.17) is 16.0 Å². The molecule has 0 amide bonds. The fourth-order valence-corrected chi connectivity index (χ4v) is 1.42. The summed E-state index contributed by atoms with van der Waals surface area (Å²) in [5, 5.41) is 13.0. The van der Waals surface area contributed by atoms with E-state index in [1.54, 1.807) is 13.1 Å². The second-order valence-electron chi connectivity index (χ2n) is 3.26. The number of rotatable bonds is 4. The normalized spacial score (nSPS) is 10.5. The minimum Gasteiger partial charge on any atom is -0.406 e. The highest BCUT2D eigenvalue weighted by molar-refractivity contribution is 6.31. The standard InChI is InChI=1S/C10H10ClFN4O/c1-13-5-8-15-16-10(17-8)14-7-4-2-3-6(11)9(7)12/h2-4,13H,5H2,1H3,(H,14,16). The predicted octanol–water partition coefficient (Wildman–Crippen LogP) is 2.33. The molecule has 0 fully saturated rings. The maximum Gasteiger partial charge on any atom is 0.320 e. The summed E-state index contributed by atoms with van der Waals surface area (Å²) >= 11 is 5.64. The lowest BCUT2D eigenvalue weighted by Crippen LogP contribution is -2.04. The molecule has 0 aliphatic carbocycles. The van der Waals surface area contributed by atoms with Crippen LogP contribution in [0.3, 0.4) is 0 Å². The van der Waals surface area contributed by atoms with Crippen molar-refractivity contribution in [3.8, 4) is 0 Å². The largest absolute Gasteiger partial charge is 0.406 e. The Bertz CT molecular complexity index is 517. The number of hydrogen-bond acceptors (Lipinski definition) is 5. The molecule has 17 heavy (non-hydrogen) atoms. The zero-order valence-corrected chi connectivity index (χ0v) is 9.75. The van der Waals surface area contributed by atoms with Gasteiger partial charge in [-0.15, -0.1) is 5.10 Å². The van der Waals surface area contributed by atoms with Gasteiger partial charge in [-0.1, -0.05) is 22.8 Å². The Morgan fingerprint density at radius 1 is 1.41 bits per heavy atom. The van der Waals surface area contributed by atoms with Crippen molar-refractivity contribution >= 4 is 23.3 Å². The Balaban J connectivity index is 2.16. The number of nitrogens with one attached hydrogen (secondary N) is 2. The second kappa shape index (κ2) is 5.11. The van der Waals surface area contributed by atoms with Crippen molar-refractivity contribution in [1.29, 1.82) is 0 Å². The highest BCUT2D eigenvalue weighted by atomic mass is 35.5. The lowest BCUT2D eigenvalue weighted by Gasteiger charge is -2.03. The van der Waals surface area contributed by atoms with E-state index in [9.17, 15) is 4.39 Å². The van der Waals surface area contributed by atoms with Gasteiger partial charge in [0.1, 0.15) is 0 Å². The molecule has 0 saturated heterocycles. The second-order valence-corrected chi connectivity index (χ2v) is 3.66. The van der Waals surface area contributed by atoms with E-state index in [1.165, 1.54) is 12.1 Å². The van der Waals surface area contributed by atoms with Crippen LogP contribution in [0.4, 0.5) is 16.1 Å². The summed E-state index contributed by atoms with van der Waals surface area (Å²) < 4.78 is 18.8. The smallest absolute Gasteiger partial charge is 0.320 e. The number of benzene rings is 1. The van der Waals surface area contributed by atoms with Crippen molar-refractivity contribution in [3.05, 3.63) is 34.9 Å². The van der Waals surface area contributed by atoms with Gasteiger partial charge < -0.3 is 15.1 Å². The third-order valence-electron chi connectivity index (χ3n) is 1.99. The van der Waals surface area contributed by atoms with Crippen molar-refractivity contribution in [2.75, 3.05) is 12.4 Å². The van der Waals surface area contributed by atoms with Crippen LogP contribution in [0.15, 0.2) is 22.6 Å². The Labute approximate surface area is 102 Å². The summed E-state index contributed by atoms with van der Waals surface area (Å²) in [5.41, 5.74) is 0.192. The molecule has 7 heteroatoms. The predicted molar refractivity (Wildman–Crippen MR) is 61.8 cm³/mol. The quantitative estimate of drug-likeness (QED) is 0.879. The maximum atomic E-state index is 13.5. The van der Waals surface area contributed by atoms with E-state index in [2.05, 4.69) is 20.8 Å². The van der Waals surface area contributed by atoms with Crippen LogP contribution in [0, 0.1) is 5.82 Å². The first-order chi connectivity index (χ1) is 8.20. The van der Waals surface area contributed by atoms with Crippen molar-refractivity contribution in [2.45, 2.75) is 6.54 Å². The van der Waals surface area contributed by atoms with E-state index in [0.29, 0.717) is 12.4 Å². The first-order valence-corrected chi connectivity index (χ1v) is 5.26. The molecule has 2 N–H and O–H groups in total. The summed E-state index contributed by atoms with van der Waals surface area (Å²) in [7, 11) is 1.76. The lowest BCUT2D eigenvalue weighted by molar-refractivity contribution is 0.492. The number of nitrogens with zero attached hydrogens (tertiary/aromatic N) is 2. The molecular weight excluding hydrogens is 247 g/mol. The van der Waals surface area contributed by atoms with Gasteiger partial charge in [0.05, 0.1) is 17.3 Å². The molecule has 0 unspecified atom stereocenters. The molecule has 0 atom stereocenters. The molecule has 0 saturated carbocycles. The van der Waals surface area contributed by atoms with Crippen LogP contribution in [0.25, 0.3) is 0 Å². The molecular formula is C10H10ClFN4O. The van der Waals surface area contributed by atoms with E-state index >= 15 is 0 Å². The summed E-state index contributed by atoms with van der Waals surface area (Å²) in [6.07, 6.45) is 0. The van der Waals surface area contributed by atoms with E-state index < -0.39 is 5.82 Å². The number of hydrogen-bond donors (Lipinski definition) is 2. The molecule has 1 heterocycles. The van der Waals surface area contributed by atoms with Gasteiger partial charge in [0.2, 0.25) is 5.89 Å². The van der Waals surface area contributed by atoms with Gasteiger partial charge in [0, 0.05) is 0 Å². The van der Waals surface area contributed by atoms with Gasteiger partial charge in [-0.25, -0.2) is 4.39 Å². The summed E-state index contributed by atoms with van der Waals surface area (Å²) in [6.45, 7) is 0.451. The van der Waals surface area contributed by atoms with Crippen LogP contribution in [0.5, 0.6) is 0 Å². The zero-order chi connectivity index (χ0) is 12.3. The lowest BCUT2D eigenvalue weighted by atomic mass is 10.3. The molecule has 2 rings (SSSR count). The Morgan fingerprint density at radius 2 is 2.24 bits per heavy atom. The molecule has 0 aliphatic rings. The molecule has 90 valence electrons. The van der Waals surface area contributed by atoms with Crippen LogP contribution in [0.1, 0.15) is 5.89 Å². The number of anilines is 2. The average molecular weight is 257 g/mol. The highest BCUT2D eigenvalue weighted by Crippen LogP contribution is 2.24. The molecule has 1 aromatic heterocycles. The molecule has 0 aliphatic heterocycles. The first kappa shape index (κ1) is 11.8. The fourth-order valence-electron chi connectivity index (χ4n) is 1.24. The Morgan fingerprint density at radius 3 is 3.00 bits per heavy atom. The number of halogens is 2. The molecule has 0 spiro atoms. The van der Waals surface area contributed by atoms with E-state index in [1.807, 2.05) is 0 Å². The van der Waals surface area contributed by atoms with E-state index in [0.717, 1.165) is 0 Å². The summed E-state index contributed by atoms with van der Waals surface area (Å²) in [4.78, 5) is 0. The van der Waals surface area contributed by atoms with Crippen molar-refractivity contribution in [1.82, 2.24) is 15.5 Å². The van der Waals surface area contributed by atoms with Crippen LogP contribution < -0.4 is 10.6 Å². The third kappa shape index (κ3) is 2.72. The van der Waals surface area contributed by atoms with Crippen molar-refractivity contribution < 1.29 is 8.81 Å². The minimum atomic E-state index is -0.553. The van der Waals surface area contributed by atoms with E-state index in [-0.39, 0.29) is 16.7 Å². The zero-order valence-electron chi connectivity index (χ0n) is 9.00. The maximum absolute atomic E-state index is 13.5. The molecule has 0 radical (unpaired) electrons. The topological polar surface area (TPSA) is 63.0 Å². The Hall–Kier alpha value is -1.66. The van der Waals surface area contributed by atoms with Crippen LogP contribution in [-0.2, 0) is 6.54 Å². The van der Waals surface area contributed by atoms with Crippen molar-refractivity contribution in [3.63, 3.8) is 0 Å². The summed E-state index contributed by atoms with van der Waals surface area (Å²) in [6, 6.07) is 4.74. The molecule has 0 bridgehead atoms. The molecule has 1 aromatic carbocycles. The van der Waals surface area contributed by atoms with Crippen molar-refractivity contribution in [2.24, 2.45) is 0 Å². The number of aromatic nitrogens is 2. The van der Waals surface area contributed by atoms with Crippen LogP contribution in [0.2, 0.25) is 5.02 Å². The van der Waals surface area contributed by atoms with Crippen LogP contribution >= 0.6 is 11.6 Å². The van der Waals surface area contributed by atoms with Gasteiger partial charge in [0.15, 0.2) is 5.82 Å².